The fourth-order valence-electron chi connectivity index (χ4n) is 3.68. The molecular formula is C26H26BrN3O6. The minimum Gasteiger partial charge on any atom is -0.490 e. The predicted octanol–water partition coefficient (Wildman–Crippen LogP) is 4.13. The predicted molar refractivity (Wildman–Crippen MR) is 138 cm³/mol. The van der Waals surface area contributed by atoms with Crippen molar-refractivity contribution in [1.29, 1.82) is 0 Å². The number of likely N-dealkylation sites (N-methyl/N-ethyl adjacent to an activating group) is 1. The molecule has 10 heteroatoms. The van der Waals surface area contributed by atoms with E-state index in [0.29, 0.717) is 6.42 Å². The molecule has 0 fully saturated rings. The zero-order valence-electron chi connectivity index (χ0n) is 19.8. The lowest BCUT2D eigenvalue weighted by atomic mass is 10.0. The average molecular weight is 556 g/mol. The van der Waals surface area contributed by atoms with Crippen LogP contribution < -0.4 is 14.8 Å². The first-order valence-electron chi connectivity index (χ1n) is 11.1. The van der Waals surface area contributed by atoms with Gasteiger partial charge in [0.1, 0.15) is 11.8 Å². The molecule has 0 aromatic heterocycles. The van der Waals surface area contributed by atoms with Crippen molar-refractivity contribution in [3.63, 3.8) is 0 Å². The van der Waals surface area contributed by atoms with E-state index >= 15 is 0 Å². The zero-order valence-corrected chi connectivity index (χ0v) is 21.4. The first-order valence-corrected chi connectivity index (χ1v) is 11.9. The Balaban J connectivity index is 1.88. The van der Waals surface area contributed by atoms with Crippen molar-refractivity contribution < 1.29 is 24.0 Å². The van der Waals surface area contributed by atoms with E-state index in [4.69, 9.17) is 9.47 Å². The van der Waals surface area contributed by atoms with Crippen LogP contribution in [0.1, 0.15) is 11.1 Å². The number of rotatable bonds is 11. The van der Waals surface area contributed by atoms with Gasteiger partial charge in [-0.2, -0.15) is 0 Å². The number of hydrogen-bond acceptors (Lipinski definition) is 6. The lowest BCUT2D eigenvalue weighted by Crippen LogP contribution is -2.51. The summed E-state index contributed by atoms with van der Waals surface area (Å²) in [5, 5.41) is 13.8. The number of nitrogens with one attached hydrogen (secondary N) is 1. The molecule has 0 bridgehead atoms. The maximum absolute atomic E-state index is 13.5. The van der Waals surface area contributed by atoms with Crippen molar-refractivity contribution in [3.05, 3.63) is 98.5 Å². The summed E-state index contributed by atoms with van der Waals surface area (Å²) < 4.78 is 11.6. The van der Waals surface area contributed by atoms with Gasteiger partial charge >= 0.3 is 5.69 Å². The van der Waals surface area contributed by atoms with Crippen molar-refractivity contribution in [2.45, 2.75) is 19.0 Å². The largest absolute Gasteiger partial charge is 0.490 e. The number of methoxy groups -OCH3 is 1. The monoisotopic (exact) mass is 555 g/mol. The Morgan fingerprint density at radius 1 is 1.06 bits per heavy atom. The Labute approximate surface area is 217 Å². The molecule has 1 N–H and O–H groups in total. The van der Waals surface area contributed by atoms with Crippen LogP contribution in [0, 0.1) is 10.1 Å². The molecule has 2 amide bonds. The van der Waals surface area contributed by atoms with Gasteiger partial charge in [-0.05, 0) is 29.3 Å². The molecule has 0 spiro atoms. The SMILES string of the molecule is CNC(=O)[C@@H](Cc1ccccc1)N(Cc1cccc(Br)c1)C(=O)COc1ccc([N+](=O)[O-])c(OC)c1. The molecule has 0 aliphatic rings. The van der Waals surface area contributed by atoms with E-state index in [9.17, 15) is 19.7 Å². The molecule has 188 valence electrons. The molecule has 0 heterocycles. The normalized spacial score (nSPS) is 11.3. The number of nitro benzene ring substituents is 1. The van der Waals surface area contributed by atoms with Crippen molar-refractivity contribution in [3.8, 4) is 11.5 Å². The number of hydrogen-bond donors (Lipinski definition) is 1. The van der Waals surface area contributed by atoms with Crippen molar-refractivity contribution in [2.24, 2.45) is 0 Å². The van der Waals surface area contributed by atoms with E-state index in [2.05, 4.69) is 21.2 Å². The molecule has 0 radical (unpaired) electrons. The van der Waals surface area contributed by atoms with E-state index in [1.54, 1.807) is 0 Å². The van der Waals surface area contributed by atoms with Crippen LogP contribution in [-0.4, -0.2) is 48.4 Å². The number of carbonyl (C=O) groups excluding carboxylic acids is 2. The van der Waals surface area contributed by atoms with Gasteiger partial charge in [-0.25, -0.2) is 0 Å². The molecule has 1 atom stereocenters. The third kappa shape index (κ3) is 7.05. The van der Waals surface area contributed by atoms with Crippen LogP contribution in [0.5, 0.6) is 11.5 Å². The second-order valence-corrected chi connectivity index (χ2v) is 8.77. The second-order valence-electron chi connectivity index (χ2n) is 7.85. The molecule has 0 saturated carbocycles. The Morgan fingerprint density at radius 3 is 2.42 bits per heavy atom. The van der Waals surface area contributed by atoms with Gasteiger partial charge in [-0.1, -0.05) is 58.4 Å². The average Bonchev–Trinajstić information content (AvgIpc) is 2.89. The molecule has 3 aromatic rings. The van der Waals surface area contributed by atoms with Gasteiger partial charge < -0.3 is 19.7 Å². The molecule has 3 aromatic carbocycles. The minimum absolute atomic E-state index is 0.0169. The molecular weight excluding hydrogens is 530 g/mol. The van der Waals surface area contributed by atoms with Crippen LogP contribution in [0.15, 0.2) is 77.3 Å². The number of amides is 2. The van der Waals surface area contributed by atoms with Crippen molar-refractivity contribution >= 4 is 33.4 Å². The molecule has 0 saturated heterocycles. The van der Waals surface area contributed by atoms with Crippen LogP contribution >= 0.6 is 15.9 Å². The molecule has 36 heavy (non-hydrogen) atoms. The lowest BCUT2D eigenvalue weighted by molar-refractivity contribution is -0.385. The van der Waals surface area contributed by atoms with Crippen LogP contribution in [0.2, 0.25) is 0 Å². The number of halogens is 1. The number of carbonyl (C=O) groups is 2. The van der Waals surface area contributed by atoms with Gasteiger partial charge in [-0.15, -0.1) is 0 Å². The molecule has 0 aliphatic carbocycles. The summed E-state index contributed by atoms with van der Waals surface area (Å²) in [6.45, 7) is -0.201. The number of nitro groups is 1. The molecule has 3 rings (SSSR count). The van der Waals surface area contributed by atoms with Crippen LogP contribution in [0.25, 0.3) is 0 Å². The maximum Gasteiger partial charge on any atom is 0.311 e. The Bertz CT molecular complexity index is 1220. The summed E-state index contributed by atoms with van der Waals surface area (Å²) in [5.74, 6) is -0.480. The fourth-order valence-corrected chi connectivity index (χ4v) is 4.13. The Kier molecular flexibility index (Phi) is 9.40. The van der Waals surface area contributed by atoms with E-state index in [1.165, 1.54) is 37.3 Å². The lowest BCUT2D eigenvalue weighted by Gasteiger charge is -2.31. The highest BCUT2D eigenvalue weighted by molar-refractivity contribution is 9.10. The third-order valence-electron chi connectivity index (χ3n) is 5.47. The summed E-state index contributed by atoms with van der Waals surface area (Å²) in [5.41, 5.74) is 1.52. The van der Waals surface area contributed by atoms with Gasteiger partial charge in [-0.3, -0.25) is 19.7 Å². The minimum atomic E-state index is -0.793. The summed E-state index contributed by atoms with van der Waals surface area (Å²) >= 11 is 3.45. The smallest absolute Gasteiger partial charge is 0.311 e. The highest BCUT2D eigenvalue weighted by Gasteiger charge is 2.30. The maximum atomic E-state index is 13.5. The van der Waals surface area contributed by atoms with E-state index in [0.717, 1.165) is 15.6 Å². The Hall–Kier alpha value is -3.92. The highest BCUT2D eigenvalue weighted by Crippen LogP contribution is 2.31. The summed E-state index contributed by atoms with van der Waals surface area (Å²) in [6.07, 6.45) is 0.311. The van der Waals surface area contributed by atoms with Crippen LogP contribution in [0.4, 0.5) is 5.69 Å². The molecule has 0 aliphatic heterocycles. The quantitative estimate of drug-likeness (QED) is 0.281. The van der Waals surface area contributed by atoms with Gasteiger partial charge in [0, 0.05) is 36.6 Å². The summed E-state index contributed by atoms with van der Waals surface area (Å²) in [7, 11) is 2.84. The van der Waals surface area contributed by atoms with Crippen molar-refractivity contribution in [1.82, 2.24) is 10.2 Å². The van der Waals surface area contributed by atoms with Gasteiger partial charge in [0.15, 0.2) is 6.61 Å². The van der Waals surface area contributed by atoms with Crippen molar-refractivity contribution in [2.75, 3.05) is 20.8 Å². The first kappa shape index (κ1) is 26.7. The third-order valence-corrected chi connectivity index (χ3v) is 5.96. The topological polar surface area (TPSA) is 111 Å². The second kappa shape index (κ2) is 12.7. The highest BCUT2D eigenvalue weighted by atomic mass is 79.9. The Morgan fingerprint density at radius 2 is 1.78 bits per heavy atom. The van der Waals surface area contributed by atoms with Crippen LogP contribution in [0.3, 0.4) is 0 Å². The standard InChI is InChI=1S/C26H26BrN3O6/c1-28-26(32)23(14-18-7-4-3-5-8-18)29(16-19-9-6-10-20(27)13-19)25(31)17-36-21-11-12-22(30(33)34)24(15-21)35-2/h3-13,15,23H,14,16-17H2,1-2H3,(H,28,32)/t23-/m1/s1. The number of benzene rings is 3. The first-order chi connectivity index (χ1) is 17.3. The van der Waals surface area contributed by atoms with E-state index < -0.39 is 16.9 Å². The number of nitrogens with zero attached hydrogens (tertiary/aromatic N) is 2. The molecule has 0 unspecified atom stereocenters. The fraction of sp³-hybridized carbons (Fsp3) is 0.231. The summed E-state index contributed by atoms with van der Waals surface area (Å²) in [4.78, 5) is 38.5. The van der Waals surface area contributed by atoms with Gasteiger partial charge in [0.05, 0.1) is 12.0 Å². The van der Waals surface area contributed by atoms with E-state index in [1.807, 2.05) is 54.6 Å². The van der Waals surface area contributed by atoms with Crippen LogP contribution in [-0.2, 0) is 22.6 Å². The van der Waals surface area contributed by atoms with Gasteiger partial charge in [0.25, 0.3) is 5.91 Å². The zero-order chi connectivity index (χ0) is 26.1. The van der Waals surface area contributed by atoms with Gasteiger partial charge in [0.2, 0.25) is 11.7 Å². The number of ether oxygens (including phenoxy) is 2. The molecule has 9 nitrogen and oxygen atoms in total. The summed E-state index contributed by atoms with van der Waals surface area (Å²) in [6, 6.07) is 20.1. The van der Waals surface area contributed by atoms with E-state index in [-0.39, 0.29) is 36.2 Å².